The second kappa shape index (κ2) is 22.4. The van der Waals surface area contributed by atoms with Gasteiger partial charge in [-0.05, 0) is 79.1 Å². The minimum Gasteiger partial charge on any atom is -0.444 e. The molecule has 0 saturated carbocycles. The molecule has 0 aromatic rings. The monoisotopic (exact) mass is 508 g/mol. The minimum atomic E-state index is -0.516. The number of hydrogen-bond donors (Lipinski definition) is 2. The highest BCUT2D eigenvalue weighted by atomic mass is 16.6. The molecule has 2 N–H and O–H groups in total. The van der Waals surface area contributed by atoms with Crippen LogP contribution in [0.1, 0.15) is 144 Å². The first-order valence-electron chi connectivity index (χ1n) is 14.6. The lowest BCUT2D eigenvalue weighted by Crippen LogP contribution is -2.39. The van der Waals surface area contributed by atoms with Gasteiger partial charge in [0.05, 0.1) is 6.04 Å². The average molecular weight is 509 g/mol. The molecule has 6 nitrogen and oxygen atoms in total. The van der Waals surface area contributed by atoms with E-state index in [9.17, 15) is 14.4 Å². The van der Waals surface area contributed by atoms with E-state index in [1.807, 2.05) is 20.8 Å². The smallest absolute Gasteiger partial charge is 0.407 e. The molecule has 0 saturated heterocycles. The summed E-state index contributed by atoms with van der Waals surface area (Å²) in [6, 6.07) is -0.442. The number of ether oxygens (including phenoxy) is 1. The summed E-state index contributed by atoms with van der Waals surface area (Å²) >= 11 is 0. The second-order valence-electron chi connectivity index (χ2n) is 11.0. The van der Waals surface area contributed by atoms with Crippen LogP contribution in [0.25, 0.3) is 0 Å². The van der Waals surface area contributed by atoms with E-state index in [0.29, 0.717) is 19.4 Å². The van der Waals surface area contributed by atoms with E-state index >= 15 is 0 Å². The quantitative estimate of drug-likeness (QED) is 0.115. The molecule has 6 heteroatoms. The predicted octanol–water partition coefficient (Wildman–Crippen LogP) is 7.79. The number of rotatable bonds is 22. The number of carbonyl (C=O) groups excluding carboxylic acids is 3. The number of unbranched alkanes of at least 4 members (excludes halogenated alkanes) is 12. The molecule has 0 radical (unpaired) electrons. The molecule has 0 heterocycles. The Kier molecular flexibility index (Phi) is 21.2. The van der Waals surface area contributed by atoms with Gasteiger partial charge in [0.1, 0.15) is 5.60 Å². The van der Waals surface area contributed by atoms with E-state index in [-0.39, 0.29) is 11.7 Å². The molecule has 0 aliphatic carbocycles. The fourth-order valence-corrected chi connectivity index (χ4v) is 3.98. The third-order valence-electron chi connectivity index (χ3n) is 6.08. The van der Waals surface area contributed by atoms with Crippen molar-refractivity contribution in [3.8, 4) is 0 Å². The minimum absolute atomic E-state index is 0.0204. The largest absolute Gasteiger partial charge is 0.444 e. The number of amides is 2. The maximum absolute atomic E-state index is 12.3. The summed E-state index contributed by atoms with van der Waals surface area (Å²) in [6.07, 6.45) is 22.8. The number of hydrogen-bond acceptors (Lipinski definition) is 4. The van der Waals surface area contributed by atoms with Crippen molar-refractivity contribution in [1.29, 1.82) is 0 Å². The van der Waals surface area contributed by atoms with Gasteiger partial charge < -0.3 is 15.4 Å². The van der Waals surface area contributed by atoms with Crippen LogP contribution in [0.4, 0.5) is 4.79 Å². The van der Waals surface area contributed by atoms with Crippen LogP contribution in [0.5, 0.6) is 0 Å². The number of nitrogens with one attached hydrogen (secondary N) is 2. The van der Waals surface area contributed by atoms with Gasteiger partial charge in [-0.15, -0.1) is 0 Å². The van der Waals surface area contributed by atoms with Gasteiger partial charge in [-0.3, -0.25) is 9.59 Å². The number of allylic oxidation sites excluding steroid dienone is 2. The van der Waals surface area contributed by atoms with E-state index in [4.69, 9.17) is 4.74 Å². The Morgan fingerprint density at radius 3 is 1.89 bits per heavy atom. The van der Waals surface area contributed by atoms with Crippen LogP contribution in [-0.2, 0) is 14.3 Å². The summed E-state index contributed by atoms with van der Waals surface area (Å²) in [5.41, 5.74) is -0.516. The van der Waals surface area contributed by atoms with Crippen LogP contribution in [0.2, 0.25) is 0 Å². The van der Waals surface area contributed by atoms with Crippen molar-refractivity contribution in [2.45, 2.75) is 155 Å². The van der Waals surface area contributed by atoms with Gasteiger partial charge in [-0.25, -0.2) is 4.79 Å². The second-order valence-corrected chi connectivity index (χ2v) is 11.0. The first kappa shape index (κ1) is 34.1. The average Bonchev–Trinajstić information content (AvgIpc) is 2.79. The third kappa shape index (κ3) is 23.9. The molecule has 210 valence electrons. The Hall–Kier alpha value is -1.85. The summed E-state index contributed by atoms with van der Waals surface area (Å²) in [5, 5.41) is 5.60. The molecule has 0 unspecified atom stereocenters. The van der Waals surface area contributed by atoms with Crippen molar-refractivity contribution in [2.75, 3.05) is 6.54 Å². The Morgan fingerprint density at radius 1 is 0.778 bits per heavy atom. The molecular formula is C30H56N2O4. The molecule has 1 atom stereocenters. The van der Waals surface area contributed by atoms with Gasteiger partial charge in [-0.2, -0.15) is 0 Å². The fourth-order valence-electron chi connectivity index (χ4n) is 3.98. The van der Waals surface area contributed by atoms with Crippen LogP contribution in [0, 0.1) is 0 Å². The van der Waals surface area contributed by atoms with Crippen LogP contribution in [0.15, 0.2) is 12.2 Å². The van der Waals surface area contributed by atoms with E-state index in [1.54, 1.807) is 0 Å². The topological polar surface area (TPSA) is 84.5 Å². The highest BCUT2D eigenvalue weighted by Crippen LogP contribution is 2.11. The van der Waals surface area contributed by atoms with Crippen LogP contribution in [0.3, 0.4) is 0 Å². The lowest BCUT2D eigenvalue weighted by atomic mass is 10.0. The summed E-state index contributed by atoms with van der Waals surface area (Å²) in [4.78, 5) is 35.8. The van der Waals surface area contributed by atoms with Crippen LogP contribution < -0.4 is 10.6 Å². The predicted molar refractivity (Wildman–Crippen MR) is 150 cm³/mol. The summed E-state index contributed by atoms with van der Waals surface area (Å²) < 4.78 is 5.20. The molecule has 36 heavy (non-hydrogen) atoms. The van der Waals surface area contributed by atoms with E-state index in [2.05, 4.69) is 29.7 Å². The lowest BCUT2D eigenvalue weighted by molar-refractivity contribution is -0.127. The summed E-state index contributed by atoms with van der Waals surface area (Å²) in [7, 11) is 0. The molecular weight excluding hydrogens is 452 g/mol. The number of carbonyl (C=O) groups is 3. The molecule has 0 rings (SSSR count). The van der Waals surface area contributed by atoms with Crippen molar-refractivity contribution in [3.05, 3.63) is 12.2 Å². The van der Waals surface area contributed by atoms with Gasteiger partial charge in [0.2, 0.25) is 5.91 Å². The van der Waals surface area contributed by atoms with Gasteiger partial charge in [0.15, 0.2) is 5.78 Å². The molecule has 0 aliphatic heterocycles. The highest BCUT2D eigenvalue weighted by molar-refractivity contribution is 5.87. The van der Waals surface area contributed by atoms with Gasteiger partial charge >= 0.3 is 6.09 Å². The van der Waals surface area contributed by atoms with Crippen molar-refractivity contribution in [1.82, 2.24) is 10.6 Å². The van der Waals surface area contributed by atoms with Crippen molar-refractivity contribution >= 4 is 17.8 Å². The lowest BCUT2D eigenvalue weighted by Gasteiger charge is -2.20. The molecule has 0 bridgehead atoms. The van der Waals surface area contributed by atoms with E-state index in [1.165, 1.54) is 64.7 Å². The molecule has 0 fully saturated rings. The molecule has 0 aliphatic rings. The fraction of sp³-hybridized carbons (Fsp3) is 0.833. The highest BCUT2D eigenvalue weighted by Gasteiger charge is 2.17. The van der Waals surface area contributed by atoms with Crippen molar-refractivity contribution < 1.29 is 19.1 Å². The molecule has 0 aromatic carbocycles. The maximum atomic E-state index is 12.3. The van der Waals surface area contributed by atoms with Crippen molar-refractivity contribution in [3.63, 3.8) is 0 Å². The number of ketones is 1. The zero-order chi connectivity index (χ0) is 27.1. The SMILES string of the molecule is CCCCCCCCC=CCCCCCCCC(=O)N[C@@H](CCCCNC(=O)OC(C)(C)C)C(C)=O. The van der Waals surface area contributed by atoms with E-state index < -0.39 is 17.7 Å². The van der Waals surface area contributed by atoms with E-state index in [0.717, 1.165) is 38.5 Å². The third-order valence-corrected chi connectivity index (χ3v) is 6.08. The molecule has 0 aromatic heterocycles. The van der Waals surface area contributed by atoms with Gasteiger partial charge in [-0.1, -0.05) is 70.4 Å². The first-order valence-corrected chi connectivity index (χ1v) is 14.6. The zero-order valence-corrected chi connectivity index (χ0v) is 24.1. The summed E-state index contributed by atoms with van der Waals surface area (Å²) in [6.45, 7) is 9.73. The number of alkyl carbamates (subject to hydrolysis) is 1. The van der Waals surface area contributed by atoms with Crippen LogP contribution in [-0.4, -0.2) is 36.0 Å². The summed E-state index contributed by atoms with van der Waals surface area (Å²) in [5.74, 6) is -0.0623. The van der Waals surface area contributed by atoms with Gasteiger partial charge in [0, 0.05) is 13.0 Å². The Morgan fingerprint density at radius 2 is 1.33 bits per heavy atom. The number of Topliss-reactive ketones (excluding diaryl/α,β-unsaturated/α-hetero) is 1. The Labute approximate surface area is 221 Å². The van der Waals surface area contributed by atoms with Crippen molar-refractivity contribution in [2.24, 2.45) is 0 Å². The maximum Gasteiger partial charge on any atom is 0.407 e. The Balaban J connectivity index is 3.73. The zero-order valence-electron chi connectivity index (χ0n) is 24.1. The first-order chi connectivity index (χ1) is 17.2. The standard InChI is InChI=1S/C30H56N2O4/c1-6-7-8-9-10-11-12-13-14-15-16-17-18-19-20-24-28(34)32-27(26(2)33)23-21-22-25-31-29(35)36-30(3,4)5/h13-14,27H,6-12,15-25H2,1-5H3,(H,31,35)(H,32,34)/t27-/m0/s1. The van der Waals surface area contributed by atoms with Crippen LogP contribution >= 0.6 is 0 Å². The molecule has 0 spiro atoms. The molecule has 2 amide bonds. The Bertz CT molecular complexity index is 611. The van der Waals surface area contributed by atoms with Gasteiger partial charge in [0.25, 0.3) is 0 Å². The normalized spacial score (nSPS) is 12.5.